The van der Waals surface area contributed by atoms with Crippen LogP contribution in [0.2, 0.25) is 0 Å². The average Bonchev–Trinajstić information content (AvgIpc) is 3.02. The smallest absolute Gasteiger partial charge is 0.261 e. The summed E-state index contributed by atoms with van der Waals surface area (Å²) in [5.74, 6) is -0.338. The number of hydrogen-bond acceptors (Lipinski definition) is 5. The van der Waals surface area contributed by atoms with Crippen molar-refractivity contribution in [3.05, 3.63) is 17.5 Å². The van der Waals surface area contributed by atoms with Gasteiger partial charge in [0.1, 0.15) is 4.21 Å². The molecule has 0 N–H and O–H groups in total. The SMILES string of the molecule is CN(CC(=O)N1CCCO1)S(=O)(=O)c1cccs1. The van der Waals surface area contributed by atoms with Crippen LogP contribution >= 0.6 is 11.3 Å². The van der Waals surface area contributed by atoms with Crippen LogP contribution in [0.25, 0.3) is 0 Å². The Kier molecular flexibility index (Phi) is 4.00. The molecule has 0 saturated carbocycles. The molecular formula is C10H14N2O4S2. The van der Waals surface area contributed by atoms with E-state index in [2.05, 4.69) is 0 Å². The van der Waals surface area contributed by atoms with Crippen molar-refractivity contribution in [2.24, 2.45) is 0 Å². The molecule has 1 aromatic heterocycles. The van der Waals surface area contributed by atoms with Crippen LogP contribution in [-0.2, 0) is 19.7 Å². The van der Waals surface area contributed by atoms with Crippen molar-refractivity contribution in [2.75, 3.05) is 26.7 Å². The van der Waals surface area contributed by atoms with Crippen LogP contribution in [0.1, 0.15) is 6.42 Å². The number of carbonyl (C=O) groups is 1. The van der Waals surface area contributed by atoms with Crippen LogP contribution in [0.3, 0.4) is 0 Å². The fraction of sp³-hybridized carbons (Fsp3) is 0.500. The third kappa shape index (κ3) is 2.72. The van der Waals surface area contributed by atoms with Gasteiger partial charge in [0.15, 0.2) is 0 Å². The van der Waals surface area contributed by atoms with E-state index in [9.17, 15) is 13.2 Å². The second-order valence-corrected chi connectivity index (χ2v) is 7.10. The van der Waals surface area contributed by atoms with E-state index in [-0.39, 0.29) is 16.7 Å². The normalized spacial score (nSPS) is 16.4. The van der Waals surface area contributed by atoms with Crippen molar-refractivity contribution in [3.8, 4) is 0 Å². The minimum absolute atomic E-state index is 0.208. The molecule has 0 aromatic carbocycles. The summed E-state index contributed by atoms with van der Waals surface area (Å²) in [6.45, 7) is 0.819. The van der Waals surface area contributed by atoms with Crippen LogP contribution in [-0.4, -0.2) is 50.4 Å². The lowest BCUT2D eigenvalue weighted by molar-refractivity contribution is -0.168. The van der Waals surface area contributed by atoms with Gasteiger partial charge in [-0.25, -0.2) is 13.5 Å². The fourth-order valence-corrected chi connectivity index (χ4v) is 3.88. The van der Waals surface area contributed by atoms with Gasteiger partial charge in [-0.05, 0) is 17.9 Å². The summed E-state index contributed by atoms with van der Waals surface area (Å²) in [4.78, 5) is 16.9. The van der Waals surface area contributed by atoms with Crippen molar-refractivity contribution in [1.82, 2.24) is 9.37 Å². The van der Waals surface area contributed by atoms with Gasteiger partial charge in [0.2, 0.25) is 0 Å². The largest absolute Gasteiger partial charge is 0.271 e. The van der Waals surface area contributed by atoms with E-state index in [1.54, 1.807) is 11.4 Å². The lowest BCUT2D eigenvalue weighted by Gasteiger charge is -2.19. The van der Waals surface area contributed by atoms with Gasteiger partial charge in [-0.15, -0.1) is 11.3 Å². The van der Waals surface area contributed by atoms with Gasteiger partial charge in [0.25, 0.3) is 15.9 Å². The summed E-state index contributed by atoms with van der Waals surface area (Å²) in [6, 6.07) is 3.18. The highest BCUT2D eigenvalue weighted by Crippen LogP contribution is 2.19. The molecule has 1 aliphatic heterocycles. The number of thiophene rings is 1. The minimum atomic E-state index is -3.57. The Hall–Kier alpha value is -0.960. The van der Waals surface area contributed by atoms with E-state index in [1.165, 1.54) is 18.2 Å². The molecule has 0 aliphatic carbocycles. The predicted octanol–water partition coefficient (Wildman–Crippen LogP) is 0.532. The molecule has 0 spiro atoms. The van der Waals surface area contributed by atoms with Crippen LogP contribution < -0.4 is 0 Å². The predicted molar refractivity (Wildman–Crippen MR) is 66.4 cm³/mol. The highest BCUT2D eigenvalue weighted by Gasteiger charge is 2.27. The first kappa shape index (κ1) is 13.5. The Morgan fingerprint density at radius 3 is 2.94 bits per heavy atom. The lowest BCUT2D eigenvalue weighted by Crippen LogP contribution is -2.39. The van der Waals surface area contributed by atoms with Gasteiger partial charge < -0.3 is 0 Å². The summed E-state index contributed by atoms with van der Waals surface area (Å²) < 4.78 is 25.4. The zero-order chi connectivity index (χ0) is 13.2. The molecule has 1 saturated heterocycles. The zero-order valence-corrected chi connectivity index (χ0v) is 11.5. The summed E-state index contributed by atoms with van der Waals surface area (Å²) >= 11 is 1.13. The maximum atomic E-state index is 12.1. The summed E-state index contributed by atoms with van der Waals surface area (Å²) in [7, 11) is -2.18. The second kappa shape index (κ2) is 5.35. The first-order valence-corrected chi connectivity index (χ1v) is 7.77. The highest BCUT2D eigenvalue weighted by molar-refractivity contribution is 7.91. The van der Waals surface area contributed by atoms with Crippen molar-refractivity contribution >= 4 is 27.3 Å². The number of hydrogen-bond donors (Lipinski definition) is 0. The molecule has 100 valence electrons. The number of likely N-dealkylation sites (N-methyl/N-ethyl adjacent to an activating group) is 1. The van der Waals surface area contributed by atoms with E-state index in [0.29, 0.717) is 13.2 Å². The van der Waals surface area contributed by atoms with Gasteiger partial charge in [-0.1, -0.05) is 6.07 Å². The molecule has 0 atom stereocenters. The van der Waals surface area contributed by atoms with Gasteiger partial charge >= 0.3 is 0 Å². The number of nitrogens with zero attached hydrogens (tertiary/aromatic N) is 2. The molecule has 1 fully saturated rings. The number of amides is 1. The lowest BCUT2D eigenvalue weighted by atomic mass is 10.4. The van der Waals surface area contributed by atoms with E-state index in [0.717, 1.165) is 22.1 Å². The standard InChI is InChI=1S/C10H14N2O4S2/c1-11(8-9(13)12-5-3-6-16-12)18(14,15)10-4-2-7-17-10/h2,4,7H,3,5-6,8H2,1H3. The Balaban J connectivity index is 2.03. The van der Waals surface area contributed by atoms with Crippen LogP contribution in [0.5, 0.6) is 0 Å². The zero-order valence-electron chi connectivity index (χ0n) is 9.90. The molecule has 1 amide bonds. The molecule has 6 nitrogen and oxygen atoms in total. The van der Waals surface area contributed by atoms with Crippen LogP contribution in [0, 0.1) is 0 Å². The number of sulfonamides is 1. The minimum Gasteiger partial charge on any atom is -0.271 e. The van der Waals surface area contributed by atoms with Crippen LogP contribution in [0.4, 0.5) is 0 Å². The van der Waals surface area contributed by atoms with Crippen LogP contribution in [0.15, 0.2) is 21.7 Å². The highest BCUT2D eigenvalue weighted by atomic mass is 32.2. The average molecular weight is 290 g/mol. The number of hydroxylamine groups is 2. The van der Waals surface area contributed by atoms with Crippen molar-refractivity contribution < 1.29 is 18.0 Å². The molecule has 2 heterocycles. The second-order valence-electron chi connectivity index (χ2n) is 3.88. The third-order valence-electron chi connectivity index (χ3n) is 2.55. The van der Waals surface area contributed by atoms with Crippen molar-refractivity contribution in [2.45, 2.75) is 10.6 Å². The van der Waals surface area contributed by atoms with Gasteiger partial charge in [0.05, 0.1) is 19.7 Å². The molecular weight excluding hydrogens is 276 g/mol. The van der Waals surface area contributed by atoms with Gasteiger partial charge in [0, 0.05) is 7.05 Å². The van der Waals surface area contributed by atoms with E-state index in [4.69, 9.17) is 4.84 Å². The Bertz CT molecular complexity index is 506. The summed E-state index contributed by atoms with van der Waals surface area (Å²) in [5, 5.41) is 2.91. The Morgan fingerprint density at radius 1 is 1.61 bits per heavy atom. The molecule has 1 aromatic rings. The van der Waals surface area contributed by atoms with Crippen molar-refractivity contribution in [3.63, 3.8) is 0 Å². The summed E-state index contributed by atoms with van der Waals surface area (Å²) in [6.07, 6.45) is 0.785. The molecule has 0 radical (unpaired) electrons. The third-order valence-corrected chi connectivity index (χ3v) is 5.72. The van der Waals surface area contributed by atoms with Gasteiger partial charge in [-0.3, -0.25) is 9.63 Å². The van der Waals surface area contributed by atoms with Gasteiger partial charge in [-0.2, -0.15) is 4.31 Å². The Morgan fingerprint density at radius 2 is 2.39 bits per heavy atom. The number of rotatable bonds is 4. The molecule has 2 rings (SSSR count). The van der Waals surface area contributed by atoms with E-state index in [1.807, 2.05) is 0 Å². The monoisotopic (exact) mass is 290 g/mol. The van der Waals surface area contributed by atoms with E-state index >= 15 is 0 Å². The number of carbonyl (C=O) groups excluding carboxylic acids is 1. The topological polar surface area (TPSA) is 66.9 Å². The first-order valence-electron chi connectivity index (χ1n) is 5.45. The Labute approximate surface area is 110 Å². The fourth-order valence-electron chi connectivity index (χ4n) is 1.56. The molecule has 0 bridgehead atoms. The molecule has 1 aliphatic rings. The maximum absolute atomic E-state index is 12.1. The molecule has 8 heteroatoms. The molecule has 0 unspecified atom stereocenters. The van der Waals surface area contributed by atoms with Crippen molar-refractivity contribution in [1.29, 1.82) is 0 Å². The summed E-state index contributed by atoms with van der Waals surface area (Å²) in [5.41, 5.74) is 0. The quantitative estimate of drug-likeness (QED) is 0.811. The molecule has 18 heavy (non-hydrogen) atoms. The first-order chi connectivity index (χ1) is 8.51. The van der Waals surface area contributed by atoms with E-state index < -0.39 is 10.0 Å². The maximum Gasteiger partial charge on any atom is 0.261 e.